The van der Waals surface area contributed by atoms with Crippen LogP contribution in [0.5, 0.6) is 0 Å². The number of aromatic nitrogens is 4. The van der Waals surface area contributed by atoms with Gasteiger partial charge in [-0.2, -0.15) is 5.10 Å². The topological polar surface area (TPSA) is 76.3 Å². The quantitative estimate of drug-likeness (QED) is 0.684. The Kier molecular flexibility index (Phi) is 4.48. The summed E-state index contributed by atoms with van der Waals surface area (Å²) in [5.41, 5.74) is 3.79. The van der Waals surface area contributed by atoms with Crippen molar-refractivity contribution in [1.29, 1.82) is 0 Å². The van der Waals surface area contributed by atoms with Crippen LogP contribution in [0, 0.1) is 13.8 Å². The number of aryl methyl sites for hydroxylation is 2. The van der Waals surface area contributed by atoms with Crippen molar-refractivity contribution in [2.75, 3.05) is 4.90 Å². The minimum Gasteiger partial charge on any atom is -0.274 e. The maximum absolute atomic E-state index is 12.1. The van der Waals surface area contributed by atoms with E-state index in [-0.39, 0.29) is 5.91 Å². The molecule has 0 saturated heterocycles. The van der Waals surface area contributed by atoms with Crippen molar-refractivity contribution in [2.45, 2.75) is 20.8 Å². The van der Waals surface area contributed by atoms with Crippen molar-refractivity contribution in [3.63, 3.8) is 0 Å². The molecule has 1 amide bonds. The van der Waals surface area contributed by atoms with E-state index < -0.39 is 0 Å². The number of carbonyl (C=O) groups is 1. The van der Waals surface area contributed by atoms with Gasteiger partial charge >= 0.3 is 0 Å². The van der Waals surface area contributed by atoms with Crippen LogP contribution in [0.3, 0.4) is 0 Å². The highest BCUT2D eigenvalue weighted by molar-refractivity contribution is 7.14. The number of nitrogens with zero attached hydrogens (tertiary/aromatic N) is 6. The first kappa shape index (κ1) is 16.0. The Bertz CT molecular complexity index is 884. The molecule has 0 radical (unpaired) electrons. The van der Waals surface area contributed by atoms with Crippen molar-refractivity contribution < 1.29 is 4.79 Å². The molecule has 0 atom stereocenters. The maximum Gasteiger partial charge on any atom is 0.230 e. The number of rotatable bonds is 4. The monoisotopic (exact) mass is 340 g/mol. The summed E-state index contributed by atoms with van der Waals surface area (Å²) in [5.74, 6) is -0.0881. The highest BCUT2D eigenvalue weighted by Crippen LogP contribution is 2.29. The Morgan fingerprint density at radius 3 is 2.67 bits per heavy atom. The van der Waals surface area contributed by atoms with Crippen LogP contribution in [-0.2, 0) is 4.79 Å². The molecule has 24 heavy (non-hydrogen) atoms. The Morgan fingerprint density at radius 1 is 1.25 bits per heavy atom. The number of benzene rings is 1. The van der Waals surface area contributed by atoms with Gasteiger partial charge in [0.05, 0.1) is 17.6 Å². The maximum atomic E-state index is 12.1. The summed E-state index contributed by atoms with van der Waals surface area (Å²) in [7, 11) is 0. The standard InChI is InChI=1S/C16H16N6OS/c1-11-4-5-15(6-12(11)2)22(13(3)23)16-20-14(8-24-16)7-19-21-9-17-18-10-21/h4-10H,1-3H3/b19-7-. The van der Waals surface area contributed by atoms with Crippen LogP contribution in [-0.4, -0.2) is 32.0 Å². The highest BCUT2D eigenvalue weighted by atomic mass is 32.1. The average molecular weight is 340 g/mol. The number of hydrogen-bond acceptors (Lipinski definition) is 6. The molecule has 2 aromatic heterocycles. The van der Waals surface area contributed by atoms with E-state index in [1.165, 1.54) is 41.2 Å². The summed E-state index contributed by atoms with van der Waals surface area (Å²) < 4.78 is 1.48. The first-order valence-corrected chi connectivity index (χ1v) is 8.15. The molecular weight excluding hydrogens is 324 g/mol. The molecule has 3 rings (SSSR count). The second-order valence-corrected chi connectivity index (χ2v) is 6.10. The summed E-state index contributed by atoms with van der Waals surface area (Å²) >= 11 is 1.39. The minimum absolute atomic E-state index is 0.0881. The van der Waals surface area contributed by atoms with E-state index in [0.29, 0.717) is 10.8 Å². The van der Waals surface area contributed by atoms with E-state index in [1.54, 1.807) is 11.1 Å². The van der Waals surface area contributed by atoms with Gasteiger partial charge in [0.1, 0.15) is 12.7 Å². The van der Waals surface area contributed by atoms with E-state index in [2.05, 4.69) is 20.3 Å². The van der Waals surface area contributed by atoms with Gasteiger partial charge in [0.15, 0.2) is 5.13 Å². The van der Waals surface area contributed by atoms with E-state index in [0.717, 1.165) is 11.3 Å². The van der Waals surface area contributed by atoms with Gasteiger partial charge in [0, 0.05) is 12.3 Å². The van der Waals surface area contributed by atoms with Crippen molar-refractivity contribution in [1.82, 2.24) is 19.9 Å². The third kappa shape index (κ3) is 3.38. The number of thiazole rings is 1. The van der Waals surface area contributed by atoms with Gasteiger partial charge in [0.2, 0.25) is 5.91 Å². The fraction of sp³-hybridized carbons (Fsp3) is 0.188. The molecule has 2 heterocycles. The third-order valence-electron chi connectivity index (χ3n) is 3.49. The second-order valence-electron chi connectivity index (χ2n) is 5.26. The zero-order valence-corrected chi connectivity index (χ0v) is 14.4. The molecule has 1 aromatic carbocycles. The van der Waals surface area contributed by atoms with Gasteiger partial charge in [-0.05, 0) is 37.1 Å². The number of hydrogen-bond donors (Lipinski definition) is 0. The molecular formula is C16H16N6OS. The van der Waals surface area contributed by atoms with Gasteiger partial charge in [-0.25, -0.2) is 9.66 Å². The number of amides is 1. The molecule has 0 saturated carbocycles. The second kappa shape index (κ2) is 6.71. The summed E-state index contributed by atoms with van der Waals surface area (Å²) in [5, 5.41) is 14.0. The van der Waals surface area contributed by atoms with Gasteiger partial charge in [0.25, 0.3) is 0 Å². The summed E-state index contributed by atoms with van der Waals surface area (Å²) in [6, 6.07) is 5.92. The van der Waals surface area contributed by atoms with Gasteiger partial charge in [-0.15, -0.1) is 21.5 Å². The Labute approximate surface area is 143 Å². The lowest BCUT2D eigenvalue weighted by atomic mass is 10.1. The smallest absolute Gasteiger partial charge is 0.230 e. The molecule has 0 unspecified atom stereocenters. The van der Waals surface area contributed by atoms with Crippen LogP contribution in [0.25, 0.3) is 0 Å². The molecule has 0 bridgehead atoms. The molecule has 122 valence electrons. The van der Waals surface area contributed by atoms with Crippen LogP contribution in [0.2, 0.25) is 0 Å². The first-order chi connectivity index (χ1) is 11.5. The fourth-order valence-electron chi connectivity index (χ4n) is 2.11. The van der Waals surface area contributed by atoms with Gasteiger partial charge < -0.3 is 0 Å². The molecule has 7 nitrogen and oxygen atoms in total. The molecule has 0 aliphatic heterocycles. The average Bonchev–Trinajstić information content (AvgIpc) is 3.20. The Balaban J connectivity index is 1.89. The minimum atomic E-state index is -0.0881. The predicted octanol–water partition coefficient (Wildman–Crippen LogP) is 2.92. The van der Waals surface area contributed by atoms with Crippen LogP contribution < -0.4 is 4.90 Å². The summed E-state index contributed by atoms with van der Waals surface area (Å²) in [6.07, 6.45) is 4.57. The largest absolute Gasteiger partial charge is 0.274 e. The third-order valence-corrected chi connectivity index (χ3v) is 4.34. The normalized spacial score (nSPS) is 11.1. The van der Waals surface area contributed by atoms with Crippen molar-refractivity contribution in [3.05, 3.63) is 53.1 Å². The number of anilines is 2. The van der Waals surface area contributed by atoms with Crippen LogP contribution in [0.4, 0.5) is 10.8 Å². The van der Waals surface area contributed by atoms with Gasteiger partial charge in [-0.1, -0.05) is 6.07 Å². The lowest BCUT2D eigenvalue weighted by Crippen LogP contribution is -2.22. The fourth-order valence-corrected chi connectivity index (χ4v) is 2.95. The van der Waals surface area contributed by atoms with Crippen LogP contribution in [0.15, 0.2) is 41.3 Å². The SMILES string of the molecule is CC(=O)N(c1ccc(C)c(C)c1)c1nc(/C=N\n2cnnc2)cs1. The van der Waals surface area contributed by atoms with Crippen molar-refractivity contribution >= 4 is 34.3 Å². The van der Waals surface area contributed by atoms with E-state index in [9.17, 15) is 4.79 Å². The molecule has 0 spiro atoms. The molecule has 0 aliphatic rings. The molecule has 0 aliphatic carbocycles. The van der Waals surface area contributed by atoms with E-state index >= 15 is 0 Å². The van der Waals surface area contributed by atoms with Gasteiger partial charge in [-0.3, -0.25) is 9.69 Å². The van der Waals surface area contributed by atoms with Crippen molar-refractivity contribution in [3.8, 4) is 0 Å². The van der Waals surface area contributed by atoms with Crippen LogP contribution >= 0.6 is 11.3 Å². The molecule has 0 N–H and O–H groups in total. The van der Waals surface area contributed by atoms with Crippen molar-refractivity contribution in [2.24, 2.45) is 5.10 Å². The zero-order chi connectivity index (χ0) is 17.1. The lowest BCUT2D eigenvalue weighted by molar-refractivity contribution is -0.115. The lowest BCUT2D eigenvalue weighted by Gasteiger charge is -2.19. The van der Waals surface area contributed by atoms with Crippen LogP contribution in [0.1, 0.15) is 23.7 Å². The van der Waals surface area contributed by atoms with E-state index in [4.69, 9.17) is 0 Å². The Hall–Kier alpha value is -2.87. The highest BCUT2D eigenvalue weighted by Gasteiger charge is 2.18. The molecule has 0 fully saturated rings. The first-order valence-electron chi connectivity index (χ1n) is 7.27. The Morgan fingerprint density at radius 2 is 2.00 bits per heavy atom. The molecule has 8 heteroatoms. The summed E-state index contributed by atoms with van der Waals surface area (Å²) in [6.45, 7) is 5.60. The summed E-state index contributed by atoms with van der Waals surface area (Å²) in [4.78, 5) is 18.2. The molecule has 3 aromatic rings. The number of carbonyl (C=O) groups excluding carboxylic acids is 1. The van der Waals surface area contributed by atoms with E-state index in [1.807, 2.05) is 37.4 Å². The predicted molar refractivity (Wildman–Crippen MR) is 93.9 cm³/mol. The zero-order valence-electron chi connectivity index (χ0n) is 13.5.